The van der Waals surface area contributed by atoms with Crippen LogP contribution >= 0.6 is 0 Å². The zero-order chi connectivity index (χ0) is 17.9. The minimum atomic E-state index is -1.37. The van der Waals surface area contributed by atoms with Crippen molar-refractivity contribution in [2.45, 2.75) is 0 Å². The fourth-order valence-electron chi connectivity index (χ4n) is 1.88. The first-order chi connectivity index (χ1) is 11.3. The van der Waals surface area contributed by atoms with Crippen LogP contribution in [-0.4, -0.2) is 33.0 Å². The summed E-state index contributed by atoms with van der Waals surface area (Å²) in [6.45, 7) is 0. The molecule has 0 saturated heterocycles. The van der Waals surface area contributed by atoms with E-state index in [0.29, 0.717) is 0 Å². The van der Waals surface area contributed by atoms with Crippen LogP contribution in [0.5, 0.6) is 0 Å². The first-order valence-corrected chi connectivity index (χ1v) is 6.45. The second-order valence-electron chi connectivity index (χ2n) is 4.67. The van der Waals surface area contributed by atoms with Crippen LogP contribution in [0.4, 0.5) is 11.4 Å². The van der Waals surface area contributed by atoms with Gasteiger partial charge in [-0.05, 0) is 30.3 Å². The number of nitrogens with zero attached hydrogens (tertiary/aromatic N) is 1. The number of benzene rings is 2. The van der Waals surface area contributed by atoms with E-state index < -0.39 is 22.8 Å². The highest BCUT2D eigenvalue weighted by molar-refractivity contribution is 6.07. The van der Waals surface area contributed by atoms with E-state index in [0.717, 1.165) is 18.2 Å². The minimum Gasteiger partial charge on any atom is -0.478 e. The summed E-state index contributed by atoms with van der Waals surface area (Å²) >= 11 is 0. The molecule has 0 aliphatic carbocycles. The van der Waals surface area contributed by atoms with Gasteiger partial charge in [0.2, 0.25) is 0 Å². The molecule has 0 aliphatic heterocycles. The monoisotopic (exact) mass is 330 g/mol. The number of amides is 1. The van der Waals surface area contributed by atoms with Crippen molar-refractivity contribution in [2.75, 3.05) is 5.32 Å². The third kappa shape index (κ3) is 3.71. The molecule has 24 heavy (non-hydrogen) atoms. The molecule has 0 spiro atoms. The van der Waals surface area contributed by atoms with Crippen molar-refractivity contribution in [3.8, 4) is 0 Å². The third-order valence-electron chi connectivity index (χ3n) is 3.03. The number of carbonyl (C=O) groups is 3. The number of carboxylic acids is 2. The van der Waals surface area contributed by atoms with Crippen molar-refractivity contribution in [3.63, 3.8) is 0 Å². The lowest BCUT2D eigenvalue weighted by atomic mass is 10.0. The summed E-state index contributed by atoms with van der Waals surface area (Å²) in [5, 5.41) is 30.9. The molecule has 0 fully saturated rings. The lowest BCUT2D eigenvalue weighted by Crippen LogP contribution is -2.14. The topological polar surface area (TPSA) is 147 Å². The van der Waals surface area contributed by atoms with Gasteiger partial charge < -0.3 is 15.5 Å². The Labute approximate surface area is 134 Å². The van der Waals surface area contributed by atoms with Crippen molar-refractivity contribution in [1.29, 1.82) is 0 Å². The molecule has 2 aromatic carbocycles. The number of nitro groups is 1. The van der Waals surface area contributed by atoms with Gasteiger partial charge in [-0.25, -0.2) is 9.59 Å². The number of carbonyl (C=O) groups excluding carboxylic acids is 1. The van der Waals surface area contributed by atoms with Crippen LogP contribution in [0, 0.1) is 10.1 Å². The van der Waals surface area contributed by atoms with Crippen molar-refractivity contribution < 1.29 is 29.5 Å². The molecule has 9 nitrogen and oxygen atoms in total. The van der Waals surface area contributed by atoms with E-state index in [-0.39, 0.29) is 28.1 Å². The molecular weight excluding hydrogens is 320 g/mol. The predicted octanol–water partition coefficient (Wildman–Crippen LogP) is 2.24. The number of non-ortho nitro benzene ring substituents is 1. The quantitative estimate of drug-likeness (QED) is 0.562. The summed E-state index contributed by atoms with van der Waals surface area (Å²) in [5.74, 6) is -3.49. The van der Waals surface area contributed by atoms with Gasteiger partial charge in [0, 0.05) is 23.4 Å². The Bertz CT molecular complexity index is 811. The fourth-order valence-corrected chi connectivity index (χ4v) is 1.88. The Morgan fingerprint density at radius 3 is 1.75 bits per heavy atom. The molecular formula is C15H10N2O7. The van der Waals surface area contributed by atoms with Crippen molar-refractivity contribution in [3.05, 3.63) is 69.3 Å². The highest BCUT2D eigenvalue weighted by Gasteiger charge is 2.16. The SMILES string of the molecule is O=C(O)c1cc(C(=O)O)cc(C(=O)Nc2ccc([N+](=O)[O-])cc2)c1. The Kier molecular flexibility index (Phi) is 4.55. The number of aromatic carboxylic acids is 2. The van der Waals surface area contributed by atoms with Crippen LogP contribution in [-0.2, 0) is 0 Å². The van der Waals surface area contributed by atoms with Gasteiger partial charge in [-0.3, -0.25) is 14.9 Å². The summed E-state index contributed by atoms with van der Waals surface area (Å²) < 4.78 is 0. The Morgan fingerprint density at radius 1 is 0.875 bits per heavy atom. The predicted molar refractivity (Wildman–Crippen MR) is 81.4 cm³/mol. The smallest absolute Gasteiger partial charge is 0.335 e. The summed E-state index contributed by atoms with van der Waals surface area (Å²) in [5.41, 5.74) is -0.768. The molecule has 0 atom stereocenters. The molecule has 2 rings (SSSR count). The Balaban J connectivity index is 2.30. The second-order valence-corrected chi connectivity index (χ2v) is 4.67. The van der Waals surface area contributed by atoms with Crippen molar-refractivity contribution in [2.24, 2.45) is 0 Å². The molecule has 0 unspecified atom stereocenters. The zero-order valence-electron chi connectivity index (χ0n) is 11.9. The highest BCUT2D eigenvalue weighted by Crippen LogP contribution is 2.17. The van der Waals surface area contributed by atoms with Gasteiger partial charge in [-0.2, -0.15) is 0 Å². The van der Waals surface area contributed by atoms with Gasteiger partial charge in [-0.15, -0.1) is 0 Å². The number of carboxylic acid groups (broad SMARTS) is 2. The van der Waals surface area contributed by atoms with Gasteiger partial charge in [0.15, 0.2) is 0 Å². The number of nitro benzene ring substituents is 1. The Hall–Kier alpha value is -3.75. The maximum absolute atomic E-state index is 12.2. The molecule has 0 saturated carbocycles. The van der Waals surface area contributed by atoms with Crippen LogP contribution in [0.3, 0.4) is 0 Å². The standard InChI is InChI=1S/C15H10N2O7/c18-13(16-11-1-3-12(4-2-11)17(23)24)8-5-9(14(19)20)7-10(6-8)15(21)22/h1-7H,(H,16,18)(H,19,20)(H,21,22). The number of rotatable bonds is 5. The summed E-state index contributed by atoms with van der Waals surface area (Å²) in [6.07, 6.45) is 0. The third-order valence-corrected chi connectivity index (χ3v) is 3.03. The van der Waals surface area contributed by atoms with E-state index in [1.807, 2.05) is 0 Å². The fraction of sp³-hybridized carbons (Fsp3) is 0. The summed E-state index contributed by atoms with van der Waals surface area (Å²) in [4.78, 5) is 44.2. The van der Waals surface area contributed by atoms with Crippen molar-refractivity contribution in [1.82, 2.24) is 0 Å². The average molecular weight is 330 g/mol. The number of anilines is 1. The number of hydrogen-bond acceptors (Lipinski definition) is 5. The molecule has 3 N–H and O–H groups in total. The molecule has 9 heteroatoms. The van der Waals surface area contributed by atoms with E-state index in [2.05, 4.69) is 5.32 Å². The van der Waals surface area contributed by atoms with Crippen LogP contribution < -0.4 is 5.32 Å². The van der Waals surface area contributed by atoms with E-state index in [1.165, 1.54) is 24.3 Å². The lowest BCUT2D eigenvalue weighted by Gasteiger charge is -2.07. The molecule has 0 heterocycles. The molecule has 0 bridgehead atoms. The molecule has 0 radical (unpaired) electrons. The van der Waals surface area contributed by atoms with Crippen LogP contribution in [0.15, 0.2) is 42.5 Å². The minimum absolute atomic E-state index is 0.158. The largest absolute Gasteiger partial charge is 0.478 e. The highest BCUT2D eigenvalue weighted by atomic mass is 16.6. The van der Waals surface area contributed by atoms with Gasteiger partial charge in [0.1, 0.15) is 0 Å². The summed E-state index contributed by atoms with van der Waals surface area (Å²) in [7, 11) is 0. The zero-order valence-corrected chi connectivity index (χ0v) is 11.9. The van der Waals surface area contributed by atoms with Crippen LogP contribution in [0.2, 0.25) is 0 Å². The lowest BCUT2D eigenvalue weighted by molar-refractivity contribution is -0.384. The number of hydrogen-bond donors (Lipinski definition) is 3. The van der Waals surface area contributed by atoms with E-state index in [9.17, 15) is 24.5 Å². The maximum Gasteiger partial charge on any atom is 0.335 e. The van der Waals surface area contributed by atoms with Crippen molar-refractivity contribution >= 4 is 29.2 Å². The normalized spacial score (nSPS) is 10.0. The van der Waals surface area contributed by atoms with Gasteiger partial charge in [0.25, 0.3) is 11.6 Å². The van der Waals surface area contributed by atoms with E-state index >= 15 is 0 Å². The molecule has 0 aliphatic rings. The first-order valence-electron chi connectivity index (χ1n) is 6.45. The van der Waals surface area contributed by atoms with E-state index in [4.69, 9.17) is 10.2 Å². The van der Waals surface area contributed by atoms with E-state index in [1.54, 1.807) is 0 Å². The molecule has 122 valence electrons. The Morgan fingerprint density at radius 2 is 1.33 bits per heavy atom. The summed E-state index contributed by atoms with van der Waals surface area (Å²) in [6, 6.07) is 7.99. The second kappa shape index (κ2) is 6.57. The molecule has 2 aromatic rings. The number of nitrogens with one attached hydrogen (secondary N) is 1. The van der Waals surface area contributed by atoms with Crippen LogP contribution in [0.25, 0.3) is 0 Å². The first kappa shape index (κ1) is 16.6. The average Bonchev–Trinajstić information content (AvgIpc) is 2.54. The van der Waals surface area contributed by atoms with Crippen LogP contribution in [0.1, 0.15) is 31.1 Å². The maximum atomic E-state index is 12.2. The van der Waals surface area contributed by atoms with Gasteiger partial charge in [-0.1, -0.05) is 0 Å². The van der Waals surface area contributed by atoms with Gasteiger partial charge in [0.05, 0.1) is 16.1 Å². The van der Waals surface area contributed by atoms with Gasteiger partial charge >= 0.3 is 11.9 Å². The molecule has 0 aromatic heterocycles. The molecule has 1 amide bonds.